The molecule has 2 aliphatic heterocycles. The number of nitrogens with one attached hydrogen (secondary N) is 2. The Morgan fingerprint density at radius 2 is 1.62 bits per heavy atom. The summed E-state index contributed by atoms with van der Waals surface area (Å²) in [4.78, 5) is 27.8. The Balaban J connectivity index is 1.12. The highest BCUT2D eigenvalue weighted by molar-refractivity contribution is 14.1. The fourth-order valence-electron chi connectivity index (χ4n) is 5.34. The van der Waals surface area contributed by atoms with Crippen molar-refractivity contribution >= 4 is 34.6 Å². The van der Waals surface area contributed by atoms with E-state index < -0.39 is 6.09 Å². The molecule has 3 aromatic carbocycles. The second-order valence-corrected chi connectivity index (χ2v) is 12.4. The van der Waals surface area contributed by atoms with Crippen molar-refractivity contribution in [3.63, 3.8) is 0 Å². The highest BCUT2D eigenvalue weighted by atomic mass is 127. The summed E-state index contributed by atoms with van der Waals surface area (Å²) in [5.74, 6) is 0.917. The van der Waals surface area contributed by atoms with Crippen LogP contribution >= 0.6 is 22.6 Å². The Labute approximate surface area is 261 Å². The lowest BCUT2D eigenvalue weighted by molar-refractivity contribution is -0.143. The number of alkyl carbamates (subject to hydrolysis) is 1. The van der Waals surface area contributed by atoms with Crippen LogP contribution in [-0.2, 0) is 33.9 Å². The van der Waals surface area contributed by atoms with Gasteiger partial charge in [0.1, 0.15) is 19.0 Å². The molecular formula is C33H38IN3O5. The minimum Gasteiger partial charge on any atom is -0.489 e. The first-order chi connectivity index (χ1) is 20.5. The number of rotatable bonds is 11. The predicted octanol–water partition coefficient (Wildman–Crippen LogP) is 4.89. The van der Waals surface area contributed by atoms with Gasteiger partial charge in [0.25, 0.3) is 0 Å². The van der Waals surface area contributed by atoms with E-state index in [0.717, 1.165) is 22.4 Å². The summed E-state index contributed by atoms with van der Waals surface area (Å²) >= 11 is 2.42. The van der Waals surface area contributed by atoms with E-state index in [-0.39, 0.29) is 34.6 Å². The number of halogens is 1. The maximum absolute atomic E-state index is 13.6. The van der Waals surface area contributed by atoms with E-state index in [0.29, 0.717) is 52.2 Å². The third kappa shape index (κ3) is 8.68. The van der Waals surface area contributed by atoms with E-state index in [9.17, 15) is 9.59 Å². The minimum atomic E-state index is -0.447. The Morgan fingerprint density at radius 1 is 0.929 bits per heavy atom. The van der Waals surface area contributed by atoms with Crippen LogP contribution in [0.4, 0.5) is 4.79 Å². The van der Waals surface area contributed by atoms with Crippen molar-refractivity contribution in [3.8, 4) is 5.75 Å². The average Bonchev–Trinajstić information content (AvgIpc) is 3.02. The molecule has 0 aliphatic carbocycles. The number of carbonyl (C=O) groups excluding carboxylic acids is 2. The molecule has 0 spiro atoms. The van der Waals surface area contributed by atoms with Crippen molar-refractivity contribution in [1.82, 2.24) is 15.5 Å². The topological polar surface area (TPSA) is 89.1 Å². The summed E-state index contributed by atoms with van der Waals surface area (Å²) in [7, 11) is 0. The van der Waals surface area contributed by atoms with Crippen LogP contribution in [0.3, 0.4) is 0 Å². The van der Waals surface area contributed by atoms with E-state index in [2.05, 4.69) is 45.4 Å². The minimum absolute atomic E-state index is 0.0457. The van der Waals surface area contributed by atoms with Crippen LogP contribution in [-0.4, -0.2) is 65.3 Å². The number of hydrogen-bond donors (Lipinski definition) is 2. The molecule has 2 amide bonds. The van der Waals surface area contributed by atoms with Gasteiger partial charge in [0.2, 0.25) is 5.91 Å². The summed E-state index contributed by atoms with van der Waals surface area (Å²) in [5.41, 5.74) is 3.21. The number of amides is 2. The Kier molecular flexibility index (Phi) is 11.1. The fourth-order valence-corrected chi connectivity index (χ4v) is 6.03. The molecule has 0 unspecified atom stereocenters. The molecule has 2 fully saturated rings. The van der Waals surface area contributed by atoms with Gasteiger partial charge in [-0.25, -0.2) is 4.79 Å². The molecule has 4 atom stereocenters. The van der Waals surface area contributed by atoms with E-state index in [1.165, 1.54) is 0 Å². The molecule has 2 N–H and O–H groups in total. The van der Waals surface area contributed by atoms with Gasteiger partial charge in [0, 0.05) is 19.1 Å². The number of hydrogen-bond acceptors (Lipinski definition) is 6. The number of nitrogens with zero attached hydrogens (tertiary/aromatic N) is 1. The van der Waals surface area contributed by atoms with Crippen LogP contribution in [0.2, 0.25) is 0 Å². The first-order valence-corrected chi connectivity index (χ1v) is 15.8. The molecular weight excluding hydrogens is 645 g/mol. The lowest BCUT2D eigenvalue weighted by Gasteiger charge is -2.45. The molecule has 2 heterocycles. The maximum Gasteiger partial charge on any atom is 0.407 e. The van der Waals surface area contributed by atoms with Crippen molar-refractivity contribution in [2.75, 3.05) is 26.3 Å². The van der Waals surface area contributed by atoms with Gasteiger partial charge in [0.15, 0.2) is 0 Å². The number of piperazine rings is 1. The second-order valence-electron chi connectivity index (χ2n) is 10.8. The fraction of sp³-hybridized carbons (Fsp3) is 0.394. The molecule has 0 aromatic heterocycles. The van der Waals surface area contributed by atoms with Crippen LogP contribution < -0.4 is 15.4 Å². The van der Waals surface area contributed by atoms with Crippen LogP contribution in [0.25, 0.3) is 0 Å². The van der Waals surface area contributed by atoms with Gasteiger partial charge in [-0.15, -0.1) is 0 Å². The van der Waals surface area contributed by atoms with Crippen LogP contribution in [0, 0.1) is 0 Å². The average molecular weight is 684 g/mol. The first kappa shape index (κ1) is 30.3. The van der Waals surface area contributed by atoms with Gasteiger partial charge in [-0.05, 0) is 48.1 Å². The van der Waals surface area contributed by atoms with Crippen LogP contribution in [0.1, 0.15) is 29.5 Å². The maximum atomic E-state index is 13.6. The van der Waals surface area contributed by atoms with Crippen LogP contribution in [0.15, 0.2) is 84.9 Å². The van der Waals surface area contributed by atoms with Crippen molar-refractivity contribution in [2.24, 2.45) is 0 Å². The van der Waals surface area contributed by atoms with Gasteiger partial charge < -0.3 is 29.7 Å². The summed E-state index contributed by atoms with van der Waals surface area (Å²) in [6.45, 7) is 3.02. The molecule has 2 aliphatic rings. The smallest absolute Gasteiger partial charge is 0.407 e. The zero-order chi connectivity index (χ0) is 29.1. The first-order valence-electron chi connectivity index (χ1n) is 14.5. The van der Waals surface area contributed by atoms with Gasteiger partial charge >= 0.3 is 6.09 Å². The molecule has 42 heavy (non-hydrogen) atoms. The molecule has 2 saturated heterocycles. The number of alkyl halides is 1. The van der Waals surface area contributed by atoms with Crippen molar-refractivity contribution in [2.45, 2.75) is 54.5 Å². The molecule has 2 bridgehead atoms. The number of carbonyl (C=O) groups is 2. The van der Waals surface area contributed by atoms with E-state index in [1.54, 1.807) is 0 Å². The van der Waals surface area contributed by atoms with Crippen molar-refractivity contribution in [1.29, 1.82) is 0 Å². The van der Waals surface area contributed by atoms with Crippen LogP contribution in [0.5, 0.6) is 5.75 Å². The van der Waals surface area contributed by atoms with Gasteiger partial charge in [-0.2, -0.15) is 0 Å². The van der Waals surface area contributed by atoms with E-state index in [1.807, 2.05) is 77.7 Å². The quantitative estimate of drug-likeness (QED) is 0.170. The normalized spacial score (nSPS) is 22.1. The Bertz CT molecular complexity index is 1280. The molecule has 0 saturated carbocycles. The van der Waals surface area contributed by atoms with E-state index >= 15 is 0 Å². The molecule has 3 aromatic rings. The zero-order valence-corrected chi connectivity index (χ0v) is 25.8. The third-order valence-corrected chi connectivity index (χ3v) is 8.88. The molecule has 0 radical (unpaired) electrons. The summed E-state index contributed by atoms with van der Waals surface area (Å²) in [6.07, 6.45) is 1.57. The second kappa shape index (κ2) is 15.4. The van der Waals surface area contributed by atoms with Gasteiger partial charge in [-0.1, -0.05) is 95.4 Å². The molecule has 9 heteroatoms. The summed E-state index contributed by atoms with van der Waals surface area (Å²) < 4.78 is 17.6. The highest BCUT2D eigenvalue weighted by Gasteiger charge is 2.40. The zero-order valence-electron chi connectivity index (χ0n) is 23.6. The largest absolute Gasteiger partial charge is 0.489 e. The molecule has 8 nitrogen and oxygen atoms in total. The SMILES string of the molecule is O=C(NCCC[C@H]1N[C@H]2CN(C1=O)[C@@H](Cc1ccc(OCc3ccccc3)cc1)COC[C@H]2I)OCc1ccccc1. The monoisotopic (exact) mass is 683 g/mol. The van der Waals surface area contributed by atoms with Crippen molar-refractivity contribution in [3.05, 3.63) is 102 Å². The highest BCUT2D eigenvalue weighted by Crippen LogP contribution is 2.24. The third-order valence-electron chi connectivity index (χ3n) is 7.65. The lowest BCUT2D eigenvalue weighted by atomic mass is 9.97. The Morgan fingerprint density at radius 3 is 2.33 bits per heavy atom. The number of benzene rings is 3. The standard InChI is InChI=1S/C33H38IN3O5/c34-29-23-40-22-27(18-24-13-15-28(16-14-24)41-20-25-8-3-1-4-9-25)37-19-31(29)36-30(32(37)38)12-7-17-35-33(39)42-21-26-10-5-2-6-11-26/h1-6,8-11,13-16,27,29-31,36H,7,12,17-23H2,(H,35,39)/t27-,29+,30+,31-/m0/s1. The number of fused-ring (bicyclic) bond motifs is 2. The Hall–Kier alpha value is -3.15. The molecule has 5 rings (SSSR count). The molecule has 222 valence electrons. The predicted molar refractivity (Wildman–Crippen MR) is 170 cm³/mol. The lowest BCUT2D eigenvalue weighted by Crippen LogP contribution is -2.66. The van der Waals surface area contributed by atoms with Crippen molar-refractivity contribution < 1.29 is 23.8 Å². The van der Waals surface area contributed by atoms with E-state index in [4.69, 9.17) is 14.2 Å². The summed E-state index contributed by atoms with van der Waals surface area (Å²) in [5, 5.41) is 6.37. The number of ether oxygens (including phenoxy) is 3. The van der Waals surface area contributed by atoms with Gasteiger partial charge in [-0.3, -0.25) is 4.79 Å². The van der Waals surface area contributed by atoms with Gasteiger partial charge in [0.05, 0.1) is 29.2 Å². The summed E-state index contributed by atoms with van der Waals surface area (Å²) in [6, 6.07) is 27.6.